The zero-order valence-electron chi connectivity index (χ0n) is 19.7. The number of nitrogens with zero attached hydrogens (tertiary/aromatic N) is 2. The summed E-state index contributed by atoms with van der Waals surface area (Å²) in [7, 11) is 0. The lowest BCUT2D eigenvalue weighted by Crippen LogP contribution is -2.46. The second-order valence-electron chi connectivity index (χ2n) is 8.81. The highest BCUT2D eigenvalue weighted by molar-refractivity contribution is 5.95. The SMILES string of the molecule is CCOC(=O)C1CCN(C(=O)[C@@H](C)OC(=O)C2CCN(C(=O)c3ccccc3C)CC2)CC1. The molecule has 2 amide bonds. The van der Waals surface area contributed by atoms with Crippen LogP contribution in [0.15, 0.2) is 24.3 Å². The largest absolute Gasteiger partial charge is 0.466 e. The third kappa shape index (κ3) is 6.12. The van der Waals surface area contributed by atoms with Crippen LogP contribution >= 0.6 is 0 Å². The van der Waals surface area contributed by atoms with Crippen LogP contribution in [-0.2, 0) is 23.9 Å². The summed E-state index contributed by atoms with van der Waals surface area (Å²) in [6, 6.07) is 7.48. The van der Waals surface area contributed by atoms with E-state index < -0.39 is 6.10 Å². The molecular formula is C25H34N2O6. The summed E-state index contributed by atoms with van der Waals surface area (Å²) >= 11 is 0. The van der Waals surface area contributed by atoms with E-state index in [0.29, 0.717) is 64.0 Å². The van der Waals surface area contributed by atoms with Crippen LogP contribution in [0, 0.1) is 18.8 Å². The lowest BCUT2D eigenvalue weighted by atomic mass is 9.95. The Morgan fingerprint density at radius 1 is 0.909 bits per heavy atom. The van der Waals surface area contributed by atoms with Crippen LogP contribution in [0.4, 0.5) is 0 Å². The number of piperidine rings is 2. The van der Waals surface area contributed by atoms with E-state index in [1.54, 1.807) is 23.6 Å². The zero-order valence-corrected chi connectivity index (χ0v) is 19.7. The number of carbonyl (C=O) groups excluding carboxylic acids is 4. The molecule has 0 aromatic heterocycles. The van der Waals surface area contributed by atoms with Crippen molar-refractivity contribution in [3.8, 4) is 0 Å². The van der Waals surface area contributed by atoms with Crippen LogP contribution in [0.25, 0.3) is 0 Å². The molecule has 0 aliphatic carbocycles. The van der Waals surface area contributed by atoms with E-state index in [9.17, 15) is 19.2 Å². The molecule has 0 bridgehead atoms. The number of carbonyl (C=O) groups is 4. The summed E-state index contributed by atoms with van der Waals surface area (Å²) < 4.78 is 10.6. The van der Waals surface area contributed by atoms with Gasteiger partial charge in [-0.15, -0.1) is 0 Å². The topological polar surface area (TPSA) is 93.2 Å². The fourth-order valence-electron chi connectivity index (χ4n) is 4.48. The van der Waals surface area contributed by atoms with Gasteiger partial charge >= 0.3 is 11.9 Å². The van der Waals surface area contributed by atoms with Gasteiger partial charge in [0.15, 0.2) is 6.10 Å². The molecule has 8 nitrogen and oxygen atoms in total. The Morgan fingerprint density at radius 3 is 2.03 bits per heavy atom. The maximum Gasteiger partial charge on any atom is 0.309 e. The summed E-state index contributed by atoms with van der Waals surface area (Å²) in [5, 5.41) is 0. The van der Waals surface area contributed by atoms with Crippen LogP contribution in [0.3, 0.4) is 0 Å². The lowest BCUT2D eigenvalue weighted by Gasteiger charge is -2.34. The number of esters is 2. The smallest absolute Gasteiger partial charge is 0.309 e. The van der Waals surface area contributed by atoms with Gasteiger partial charge in [0, 0.05) is 31.7 Å². The highest BCUT2D eigenvalue weighted by atomic mass is 16.5. The number of amides is 2. The number of ether oxygens (including phenoxy) is 2. The molecule has 0 saturated carbocycles. The van der Waals surface area contributed by atoms with Crippen molar-refractivity contribution in [1.29, 1.82) is 0 Å². The molecule has 2 aliphatic rings. The van der Waals surface area contributed by atoms with E-state index in [1.807, 2.05) is 31.2 Å². The first-order valence-electron chi connectivity index (χ1n) is 11.8. The first-order chi connectivity index (χ1) is 15.8. The molecule has 2 heterocycles. The van der Waals surface area contributed by atoms with Gasteiger partial charge in [-0.05, 0) is 58.1 Å². The average Bonchev–Trinajstić information content (AvgIpc) is 2.83. The Kier molecular flexibility index (Phi) is 8.47. The Bertz CT molecular complexity index is 869. The Balaban J connectivity index is 1.44. The molecule has 0 N–H and O–H groups in total. The maximum absolute atomic E-state index is 12.8. The number of hydrogen-bond acceptors (Lipinski definition) is 6. The minimum atomic E-state index is -0.872. The van der Waals surface area contributed by atoms with Crippen LogP contribution < -0.4 is 0 Å². The highest BCUT2D eigenvalue weighted by Gasteiger charge is 2.34. The summed E-state index contributed by atoms with van der Waals surface area (Å²) in [4.78, 5) is 53.4. The normalized spacial score (nSPS) is 18.5. The van der Waals surface area contributed by atoms with Crippen molar-refractivity contribution in [2.45, 2.75) is 52.6 Å². The zero-order chi connectivity index (χ0) is 24.0. The van der Waals surface area contributed by atoms with Gasteiger partial charge in [-0.3, -0.25) is 19.2 Å². The summed E-state index contributed by atoms with van der Waals surface area (Å²) in [5.74, 6) is -1.36. The van der Waals surface area contributed by atoms with Crippen molar-refractivity contribution in [3.05, 3.63) is 35.4 Å². The van der Waals surface area contributed by atoms with Gasteiger partial charge in [-0.25, -0.2) is 0 Å². The van der Waals surface area contributed by atoms with E-state index in [1.165, 1.54) is 0 Å². The van der Waals surface area contributed by atoms with Gasteiger partial charge < -0.3 is 19.3 Å². The van der Waals surface area contributed by atoms with E-state index in [0.717, 1.165) is 5.56 Å². The molecular weight excluding hydrogens is 424 g/mol. The monoisotopic (exact) mass is 458 g/mol. The first kappa shape index (κ1) is 24.7. The molecule has 180 valence electrons. The highest BCUT2D eigenvalue weighted by Crippen LogP contribution is 2.23. The molecule has 1 aromatic carbocycles. The molecule has 0 spiro atoms. The number of likely N-dealkylation sites (tertiary alicyclic amines) is 2. The van der Waals surface area contributed by atoms with Crippen molar-refractivity contribution in [3.63, 3.8) is 0 Å². The third-order valence-electron chi connectivity index (χ3n) is 6.56. The summed E-state index contributed by atoms with van der Waals surface area (Å²) in [5.41, 5.74) is 1.62. The lowest BCUT2D eigenvalue weighted by molar-refractivity contribution is -0.164. The summed E-state index contributed by atoms with van der Waals surface area (Å²) in [6.07, 6.45) is 1.27. The molecule has 1 atom stereocenters. The number of hydrogen-bond donors (Lipinski definition) is 0. The summed E-state index contributed by atoms with van der Waals surface area (Å²) in [6.45, 7) is 7.49. The van der Waals surface area contributed by atoms with Crippen molar-refractivity contribution in [2.24, 2.45) is 11.8 Å². The predicted octanol–water partition coefficient (Wildman–Crippen LogP) is 2.58. The predicted molar refractivity (Wildman–Crippen MR) is 121 cm³/mol. The van der Waals surface area contributed by atoms with Crippen LogP contribution in [-0.4, -0.2) is 72.4 Å². The Labute approximate surface area is 195 Å². The standard InChI is InChI=1S/C25H34N2O6/c1-4-32-24(30)19-9-13-26(14-10-19)22(28)18(3)33-25(31)20-11-15-27(16-12-20)23(29)21-8-6-5-7-17(21)2/h5-8,18-20H,4,9-16H2,1-3H3/t18-/m1/s1. The van der Waals surface area contributed by atoms with E-state index in [-0.39, 0.29) is 35.6 Å². The molecule has 1 aromatic rings. The molecule has 0 unspecified atom stereocenters. The second kappa shape index (κ2) is 11.3. The average molecular weight is 459 g/mol. The van der Waals surface area contributed by atoms with Gasteiger partial charge in [-0.2, -0.15) is 0 Å². The van der Waals surface area contributed by atoms with Gasteiger partial charge in [0.25, 0.3) is 11.8 Å². The molecule has 3 rings (SSSR count). The van der Waals surface area contributed by atoms with E-state index >= 15 is 0 Å². The molecule has 0 radical (unpaired) electrons. The molecule has 2 saturated heterocycles. The van der Waals surface area contributed by atoms with Gasteiger partial charge in [0.05, 0.1) is 18.4 Å². The fraction of sp³-hybridized carbons (Fsp3) is 0.600. The Morgan fingerprint density at radius 2 is 1.45 bits per heavy atom. The Hall–Kier alpha value is -2.90. The van der Waals surface area contributed by atoms with Crippen molar-refractivity contribution in [2.75, 3.05) is 32.8 Å². The minimum Gasteiger partial charge on any atom is -0.466 e. The maximum atomic E-state index is 12.8. The molecule has 2 fully saturated rings. The number of rotatable bonds is 6. The minimum absolute atomic E-state index is 0.0188. The van der Waals surface area contributed by atoms with Gasteiger partial charge in [0.2, 0.25) is 0 Å². The van der Waals surface area contributed by atoms with Crippen LogP contribution in [0.1, 0.15) is 55.5 Å². The number of benzene rings is 1. The van der Waals surface area contributed by atoms with E-state index in [4.69, 9.17) is 9.47 Å². The van der Waals surface area contributed by atoms with Crippen molar-refractivity contribution in [1.82, 2.24) is 9.80 Å². The van der Waals surface area contributed by atoms with Gasteiger partial charge in [-0.1, -0.05) is 18.2 Å². The molecule has 8 heteroatoms. The second-order valence-corrected chi connectivity index (χ2v) is 8.81. The quantitative estimate of drug-likeness (QED) is 0.609. The van der Waals surface area contributed by atoms with Gasteiger partial charge in [0.1, 0.15) is 0 Å². The molecule has 2 aliphatic heterocycles. The van der Waals surface area contributed by atoms with Crippen LogP contribution in [0.2, 0.25) is 0 Å². The fourth-order valence-corrected chi connectivity index (χ4v) is 4.48. The molecule has 33 heavy (non-hydrogen) atoms. The third-order valence-corrected chi connectivity index (χ3v) is 6.56. The van der Waals surface area contributed by atoms with Crippen LogP contribution in [0.5, 0.6) is 0 Å². The van der Waals surface area contributed by atoms with Crippen molar-refractivity contribution < 1.29 is 28.7 Å². The van der Waals surface area contributed by atoms with E-state index in [2.05, 4.69) is 0 Å². The van der Waals surface area contributed by atoms with Crippen molar-refractivity contribution >= 4 is 23.8 Å². The first-order valence-corrected chi connectivity index (χ1v) is 11.8. The number of aryl methyl sites for hydroxylation is 1.